The second kappa shape index (κ2) is 4.60. The van der Waals surface area contributed by atoms with Crippen LogP contribution >= 0.6 is 11.3 Å². The van der Waals surface area contributed by atoms with E-state index in [2.05, 4.69) is 13.8 Å². The molecule has 14 heavy (non-hydrogen) atoms. The fraction of sp³-hybridized carbons (Fsp3) is 0.545. The lowest BCUT2D eigenvalue weighted by Crippen LogP contribution is -2.04. The zero-order chi connectivity index (χ0) is 10.7. The van der Waals surface area contributed by atoms with E-state index in [1.54, 1.807) is 11.3 Å². The van der Waals surface area contributed by atoms with Crippen LogP contribution in [-0.2, 0) is 4.74 Å². The molecule has 0 amide bonds. The van der Waals surface area contributed by atoms with Gasteiger partial charge in [0.25, 0.3) is 0 Å². The average molecular weight is 212 g/mol. The minimum atomic E-state index is -0.201. The Hall–Kier alpha value is -0.830. The summed E-state index contributed by atoms with van der Waals surface area (Å²) >= 11 is 1.68. The lowest BCUT2D eigenvalue weighted by atomic mass is 10.1. The van der Waals surface area contributed by atoms with Gasteiger partial charge in [0.1, 0.15) is 0 Å². The second-order valence-corrected chi connectivity index (χ2v) is 4.78. The fourth-order valence-electron chi connectivity index (χ4n) is 1.20. The molecule has 0 N–H and O–H groups in total. The van der Waals surface area contributed by atoms with Crippen molar-refractivity contribution in [2.75, 3.05) is 6.61 Å². The van der Waals surface area contributed by atoms with Crippen LogP contribution in [0.3, 0.4) is 0 Å². The van der Waals surface area contributed by atoms with Gasteiger partial charge >= 0.3 is 5.97 Å². The summed E-state index contributed by atoms with van der Waals surface area (Å²) in [7, 11) is 0. The van der Waals surface area contributed by atoms with E-state index in [1.165, 1.54) is 4.88 Å². The monoisotopic (exact) mass is 212 g/mol. The summed E-state index contributed by atoms with van der Waals surface area (Å²) in [5, 5.41) is 0. The van der Waals surface area contributed by atoms with Crippen molar-refractivity contribution in [3.63, 3.8) is 0 Å². The van der Waals surface area contributed by atoms with Gasteiger partial charge in [0.2, 0.25) is 0 Å². The number of hydrogen-bond acceptors (Lipinski definition) is 3. The topological polar surface area (TPSA) is 26.3 Å². The smallest absolute Gasteiger partial charge is 0.339 e. The molecule has 0 aromatic carbocycles. The highest BCUT2D eigenvalue weighted by Crippen LogP contribution is 2.28. The molecular weight excluding hydrogens is 196 g/mol. The summed E-state index contributed by atoms with van der Waals surface area (Å²) in [6.07, 6.45) is 0. The summed E-state index contributed by atoms with van der Waals surface area (Å²) in [6, 6.07) is 1.95. The highest BCUT2D eigenvalue weighted by molar-refractivity contribution is 7.12. The van der Waals surface area contributed by atoms with Gasteiger partial charge < -0.3 is 4.74 Å². The van der Waals surface area contributed by atoms with Gasteiger partial charge in [0, 0.05) is 9.75 Å². The first-order valence-electron chi connectivity index (χ1n) is 4.83. The van der Waals surface area contributed by atoms with E-state index >= 15 is 0 Å². The summed E-state index contributed by atoms with van der Waals surface area (Å²) in [5.41, 5.74) is 0.723. The van der Waals surface area contributed by atoms with Gasteiger partial charge in [-0.2, -0.15) is 0 Å². The fourth-order valence-corrected chi connectivity index (χ4v) is 2.22. The molecule has 0 saturated heterocycles. The largest absolute Gasteiger partial charge is 0.462 e. The van der Waals surface area contributed by atoms with Gasteiger partial charge in [-0.3, -0.25) is 0 Å². The Morgan fingerprint density at radius 2 is 2.21 bits per heavy atom. The molecule has 78 valence electrons. The standard InChI is InChI=1S/C11H16O2S/c1-5-13-11(12)9-6-10(7(2)3)14-8(9)4/h6-7H,5H2,1-4H3. The summed E-state index contributed by atoms with van der Waals surface area (Å²) in [6.45, 7) is 8.47. The van der Waals surface area contributed by atoms with E-state index in [0.29, 0.717) is 12.5 Å². The van der Waals surface area contributed by atoms with Crippen molar-refractivity contribution >= 4 is 17.3 Å². The molecule has 0 spiro atoms. The zero-order valence-electron chi connectivity index (χ0n) is 9.09. The predicted octanol–water partition coefficient (Wildman–Crippen LogP) is 3.36. The first kappa shape index (κ1) is 11.2. The van der Waals surface area contributed by atoms with Crippen LogP contribution < -0.4 is 0 Å². The lowest BCUT2D eigenvalue weighted by Gasteiger charge is -1.99. The number of hydrogen-bond donors (Lipinski definition) is 0. The maximum absolute atomic E-state index is 11.5. The first-order valence-corrected chi connectivity index (χ1v) is 5.65. The maximum atomic E-state index is 11.5. The predicted molar refractivity (Wildman–Crippen MR) is 59.1 cm³/mol. The highest BCUT2D eigenvalue weighted by Gasteiger charge is 2.15. The number of thiophene rings is 1. The van der Waals surface area contributed by atoms with Crippen LogP contribution in [0.1, 0.15) is 46.8 Å². The zero-order valence-corrected chi connectivity index (χ0v) is 9.90. The molecule has 2 nitrogen and oxygen atoms in total. The molecule has 1 rings (SSSR count). The highest BCUT2D eigenvalue weighted by atomic mass is 32.1. The summed E-state index contributed by atoms with van der Waals surface area (Å²) in [4.78, 5) is 13.8. The third kappa shape index (κ3) is 2.35. The molecule has 1 aromatic rings. The van der Waals surface area contributed by atoms with Crippen LogP contribution in [0.5, 0.6) is 0 Å². The van der Waals surface area contributed by atoms with Crippen molar-refractivity contribution < 1.29 is 9.53 Å². The van der Waals surface area contributed by atoms with E-state index < -0.39 is 0 Å². The first-order chi connectivity index (χ1) is 6.56. The second-order valence-electron chi connectivity index (χ2n) is 3.49. The Balaban J connectivity index is 2.92. The Kier molecular flexibility index (Phi) is 3.69. The summed E-state index contributed by atoms with van der Waals surface area (Å²) in [5.74, 6) is 0.273. The number of aryl methyl sites for hydroxylation is 1. The minimum absolute atomic E-state index is 0.201. The number of ether oxygens (including phenoxy) is 1. The number of carbonyl (C=O) groups is 1. The van der Waals surface area contributed by atoms with Gasteiger partial charge in [0.05, 0.1) is 12.2 Å². The van der Waals surface area contributed by atoms with Crippen LogP contribution in [0.25, 0.3) is 0 Å². The van der Waals surface area contributed by atoms with Crippen LogP contribution in [0, 0.1) is 6.92 Å². The van der Waals surface area contributed by atoms with Crippen molar-refractivity contribution in [3.8, 4) is 0 Å². The van der Waals surface area contributed by atoms with Crippen molar-refractivity contribution in [1.82, 2.24) is 0 Å². The van der Waals surface area contributed by atoms with Gasteiger partial charge in [-0.25, -0.2) is 4.79 Å². The van der Waals surface area contributed by atoms with Gasteiger partial charge in [-0.15, -0.1) is 11.3 Å². The van der Waals surface area contributed by atoms with E-state index in [9.17, 15) is 4.79 Å². The number of rotatable bonds is 3. The van der Waals surface area contributed by atoms with Crippen molar-refractivity contribution in [2.45, 2.75) is 33.6 Å². The van der Waals surface area contributed by atoms with Gasteiger partial charge in [-0.05, 0) is 25.8 Å². The molecule has 0 atom stereocenters. The molecule has 1 aromatic heterocycles. The molecule has 0 unspecified atom stereocenters. The quantitative estimate of drug-likeness (QED) is 0.718. The molecule has 0 saturated carbocycles. The van der Waals surface area contributed by atoms with E-state index in [1.807, 2.05) is 19.9 Å². The molecule has 0 aliphatic carbocycles. The van der Waals surface area contributed by atoms with Crippen molar-refractivity contribution in [1.29, 1.82) is 0 Å². The SMILES string of the molecule is CCOC(=O)c1cc(C(C)C)sc1C. The van der Waals surface area contributed by atoms with Gasteiger partial charge in [0.15, 0.2) is 0 Å². The molecular formula is C11H16O2S. The molecule has 0 aliphatic heterocycles. The minimum Gasteiger partial charge on any atom is -0.462 e. The van der Waals surface area contributed by atoms with E-state index in [4.69, 9.17) is 4.74 Å². The van der Waals surface area contributed by atoms with Gasteiger partial charge in [-0.1, -0.05) is 13.8 Å². The number of esters is 1. The molecule has 1 heterocycles. The molecule has 0 aliphatic rings. The Morgan fingerprint density at radius 3 is 2.64 bits per heavy atom. The maximum Gasteiger partial charge on any atom is 0.339 e. The van der Waals surface area contributed by atoms with Crippen LogP contribution in [0.15, 0.2) is 6.07 Å². The third-order valence-corrected chi connectivity index (χ3v) is 3.35. The Morgan fingerprint density at radius 1 is 1.57 bits per heavy atom. The molecule has 3 heteroatoms. The van der Waals surface area contributed by atoms with Crippen LogP contribution in [-0.4, -0.2) is 12.6 Å². The third-order valence-electron chi connectivity index (χ3n) is 2.00. The molecule has 0 fully saturated rings. The Labute approximate surface area is 88.9 Å². The van der Waals surface area contributed by atoms with Crippen LogP contribution in [0.2, 0.25) is 0 Å². The summed E-state index contributed by atoms with van der Waals surface area (Å²) < 4.78 is 4.97. The average Bonchev–Trinajstić information content (AvgIpc) is 2.48. The Bertz CT molecular complexity index is 326. The van der Waals surface area contributed by atoms with Crippen molar-refractivity contribution in [2.24, 2.45) is 0 Å². The van der Waals surface area contributed by atoms with E-state index in [0.717, 1.165) is 10.4 Å². The van der Waals surface area contributed by atoms with Crippen molar-refractivity contribution in [3.05, 3.63) is 21.4 Å². The molecule has 0 radical (unpaired) electrons. The lowest BCUT2D eigenvalue weighted by molar-refractivity contribution is 0.0526. The van der Waals surface area contributed by atoms with E-state index in [-0.39, 0.29) is 5.97 Å². The molecule has 0 bridgehead atoms. The number of carbonyl (C=O) groups excluding carboxylic acids is 1. The normalized spacial score (nSPS) is 10.6. The van der Waals surface area contributed by atoms with Crippen LogP contribution in [0.4, 0.5) is 0 Å².